The molecule has 0 aliphatic carbocycles. The van der Waals surface area contributed by atoms with Crippen molar-refractivity contribution in [1.82, 2.24) is 25.9 Å². The van der Waals surface area contributed by atoms with Crippen LogP contribution in [0.25, 0.3) is 21.8 Å². The number of hydrogen-bond donors (Lipinski definition) is 7. The lowest BCUT2D eigenvalue weighted by Gasteiger charge is -2.26. The van der Waals surface area contributed by atoms with Crippen LogP contribution in [0.1, 0.15) is 37.8 Å². The number of aromatic amines is 2. The Labute approximate surface area is 266 Å². The van der Waals surface area contributed by atoms with E-state index in [2.05, 4.69) is 25.9 Å². The highest BCUT2D eigenvalue weighted by molar-refractivity contribution is 7.98. The van der Waals surface area contributed by atoms with E-state index in [0.717, 1.165) is 32.9 Å². The highest BCUT2D eigenvalue weighted by Crippen LogP contribution is 2.20. The SMILES string of the molecule is CSCCC(NC(=O)C(N)Cc1c[nH]c2ccccc12)C(=O)NC(CC(C)C)C(=O)NC(Cc1c[nH]c2ccccc12)C(=O)O. The third-order valence-corrected chi connectivity index (χ3v) is 8.39. The van der Waals surface area contributed by atoms with Crippen LogP contribution >= 0.6 is 11.8 Å². The standard InChI is InChI=1S/C33H42N6O5S/c1-19(2)14-28(32(42)39-29(33(43)44)16-21-18-36-26-11-7-5-9-23(21)26)38-31(41)27(12-13-45-3)37-30(40)24(34)15-20-17-35-25-10-6-4-8-22(20)25/h4-11,17-19,24,27-29,35-36H,12-16,34H2,1-3H3,(H,37,40)(H,38,41)(H,39,42)(H,43,44). The first-order chi connectivity index (χ1) is 21.6. The maximum Gasteiger partial charge on any atom is 0.326 e. The zero-order chi connectivity index (χ0) is 32.5. The van der Waals surface area contributed by atoms with Gasteiger partial charge in [0, 0.05) is 40.6 Å². The summed E-state index contributed by atoms with van der Waals surface area (Å²) < 4.78 is 0. The monoisotopic (exact) mass is 634 g/mol. The molecule has 11 nitrogen and oxygen atoms in total. The molecular weight excluding hydrogens is 592 g/mol. The fraction of sp³-hybridized carbons (Fsp3) is 0.394. The van der Waals surface area contributed by atoms with Crippen LogP contribution < -0.4 is 21.7 Å². The van der Waals surface area contributed by atoms with Crippen molar-refractivity contribution >= 4 is 57.3 Å². The van der Waals surface area contributed by atoms with Gasteiger partial charge in [-0.3, -0.25) is 14.4 Å². The number of fused-ring (bicyclic) bond motifs is 2. The second-order valence-electron chi connectivity index (χ2n) is 11.7. The van der Waals surface area contributed by atoms with Gasteiger partial charge in [-0.05, 0) is 60.4 Å². The number of amides is 3. The average molecular weight is 635 g/mol. The number of hydrogen-bond acceptors (Lipinski definition) is 6. The average Bonchev–Trinajstić information content (AvgIpc) is 3.62. The van der Waals surface area contributed by atoms with E-state index in [-0.39, 0.29) is 25.2 Å². The van der Waals surface area contributed by atoms with Crippen LogP contribution in [0.4, 0.5) is 0 Å². The summed E-state index contributed by atoms with van der Waals surface area (Å²) in [6, 6.07) is 11.2. The Hall–Kier alpha value is -4.29. The van der Waals surface area contributed by atoms with Crippen molar-refractivity contribution in [2.75, 3.05) is 12.0 Å². The van der Waals surface area contributed by atoms with Gasteiger partial charge in [-0.1, -0.05) is 50.2 Å². The molecule has 0 aliphatic rings. The molecule has 4 unspecified atom stereocenters. The quantitative estimate of drug-likeness (QED) is 0.0988. The van der Waals surface area contributed by atoms with Crippen molar-refractivity contribution in [2.45, 2.75) is 63.7 Å². The molecule has 0 bridgehead atoms. The van der Waals surface area contributed by atoms with Crippen molar-refractivity contribution in [3.8, 4) is 0 Å². The van der Waals surface area contributed by atoms with E-state index in [1.165, 1.54) is 11.8 Å². The van der Waals surface area contributed by atoms with E-state index in [1.54, 1.807) is 6.20 Å². The van der Waals surface area contributed by atoms with E-state index in [4.69, 9.17) is 5.73 Å². The third-order valence-electron chi connectivity index (χ3n) is 7.75. The first-order valence-electron chi connectivity index (χ1n) is 15.1. The van der Waals surface area contributed by atoms with Gasteiger partial charge < -0.3 is 36.8 Å². The summed E-state index contributed by atoms with van der Waals surface area (Å²) >= 11 is 1.52. The van der Waals surface area contributed by atoms with Gasteiger partial charge in [0.05, 0.1) is 6.04 Å². The number of carbonyl (C=O) groups is 4. The number of aromatic nitrogens is 2. The van der Waals surface area contributed by atoms with Crippen molar-refractivity contribution < 1.29 is 24.3 Å². The minimum atomic E-state index is -1.21. The predicted octanol–water partition coefficient (Wildman–Crippen LogP) is 3.10. The number of nitrogens with one attached hydrogen (secondary N) is 5. The van der Waals surface area contributed by atoms with Crippen molar-refractivity contribution in [3.05, 3.63) is 72.1 Å². The molecule has 3 amide bonds. The first-order valence-corrected chi connectivity index (χ1v) is 16.4. The summed E-state index contributed by atoms with van der Waals surface area (Å²) in [5.74, 6) is -2.19. The molecule has 240 valence electrons. The molecule has 4 atom stereocenters. The number of benzene rings is 2. The Bertz CT molecular complexity index is 1630. The van der Waals surface area contributed by atoms with Gasteiger partial charge in [-0.25, -0.2) is 4.79 Å². The molecule has 4 rings (SSSR count). The van der Waals surface area contributed by atoms with Crippen LogP contribution in [0, 0.1) is 5.92 Å². The lowest BCUT2D eigenvalue weighted by Crippen LogP contribution is -2.57. The summed E-state index contributed by atoms with van der Waals surface area (Å²) in [7, 11) is 0. The van der Waals surface area contributed by atoms with Crippen molar-refractivity contribution in [1.29, 1.82) is 0 Å². The lowest BCUT2D eigenvalue weighted by atomic mass is 10.0. The van der Waals surface area contributed by atoms with Crippen LogP contribution in [0.5, 0.6) is 0 Å². The fourth-order valence-corrected chi connectivity index (χ4v) is 5.85. The van der Waals surface area contributed by atoms with Crippen molar-refractivity contribution in [3.63, 3.8) is 0 Å². The van der Waals surface area contributed by atoms with E-state index >= 15 is 0 Å². The molecule has 2 heterocycles. The Morgan fingerprint density at radius 3 is 1.84 bits per heavy atom. The van der Waals surface area contributed by atoms with Gasteiger partial charge in [0.15, 0.2) is 0 Å². The Morgan fingerprint density at radius 2 is 1.29 bits per heavy atom. The molecule has 0 saturated heterocycles. The number of rotatable bonds is 16. The van der Waals surface area contributed by atoms with Crippen LogP contribution in [0.3, 0.4) is 0 Å². The number of aliphatic carboxylic acids is 1. The number of nitrogens with two attached hydrogens (primary N) is 1. The fourth-order valence-electron chi connectivity index (χ4n) is 5.38. The number of carbonyl (C=O) groups excluding carboxylic acids is 3. The largest absolute Gasteiger partial charge is 0.480 e. The maximum absolute atomic E-state index is 13.5. The zero-order valence-corrected chi connectivity index (χ0v) is 26.6. The van der Waals surface area contributed by atoms with Crippen LogP contribution in [-0.4, -0.2) is 74.9 Å². The van der Waals surface area contributed by atoms with E-state index in [1.807, 2.05) is 74.8 Å². The Kier molecular flexibility index (Phi) is 11.7. The van der Waals surface area contributed by atoms with Crippen LogP contribution in [-0.2, 0) is 32.0 Å². The molecule has 8 N–H and O–H groups in total. The number of thioether (sulfide) groups is 1. The number of para-hydroxylation sites is 2. The van der Waals surface area contributed by atoms with E-state index in [9.17, 15) is 24.3 Å². The molecular formula is C33H42N6O5S. The molecule has 45 heavy (non-hydrogen) atoms. The van der Waals surface area contributed by atoms with Gasteiger partial charge in [0.25, 0.3) is 0 Å². The maximum atomic E-state index is 13.5. The number of carboxylic acid groups (broad SMARTS) is 1. The molecule has 0 saturated carbocycles. The molecule has 0 spiro atoms. The summed E-state index contributed by atoms with van der Waals surface area (Å²) in [5.41, 5.74) is 9.74. The zero-order valence-electron chi connectivity index (χ0n) is 25.8. The topological polar surface area (TPSA) is 182 Å². The second kappa shape index (κ2) is 15.6. The smallest absolute Gasteiger partial charge is 0.326 e. The van der Waals surface area contributed by atoms with Crippen LogP contribution in [0.15, 0.2) is 60.9 Å². The van der Waals surface area contributed by atoms with Crippen LogP contribution in [0.2, 0.25) is 0 Å². The minimum Gasteiger partial charge on any atom is -0.480 e. The molecule has 4 aromatic rings. The molecule has 0 fully saturated rings. The molecule has 2 aromatic carbocycles. The Morgan fingerprint density at radius 1 is 0.778 bits per heavy atom. The van der Waals surface area contributed by atoms with Gasteiger partial charge in [0.2, 0.25) is 17.7 Å². The van der Waals surface area contributed by atoms with Gasteiger partial charge in [-0.2, -0.15) is 11.8 Å². The number of carboxylic acids is 1. The second-order valence-corrected chi connectivity index (χ2v) is 12.7. The van der Waals surface area contributed by atoms with Gasteiger partial charge in [-0.15, -0.1) is 0 Å². The molecule has 0 radical (unpaired) electrons. The normalized spacial score (nSPS) is 14.2. The van der Waals surface area contributed by atoms with Gasteiger partial charge in [0.1, 0.15) is 18.1 Å². The number of H-pyrrole nitrogens is 2. The first kappa shape index (κ1) is 33.6. The summed E-state index contributed by atoms with van der Waals surface area (Å²) in [5, 5.41) is 20.0. The third kappa shape index (κ3) is 8.89. The highest BCUT2D eigenvalue weighted by atomic mass is 32.2. The Balaban J connectivity index is 1.43. The lowest BCUT2D eigenvalue weighted by molar-refractivity contribution is -0.142. The summed E-state index contributed by atoms with van der Waals surface area (Å²) in [6.45, 7) is 3.81. The highest BCUT2D eigenvalue weighted by Gasteiger charge is 2.31. The van der Waals surface area contributed by atoms with Crippen molar-refractivity contribution in [2.24, 2.45) is 11.7 Å². The van der Waals surface area contributed by atoms with Gasteiger partial charge >= 0.3 is 5.97 Å². The predicted molar refractivity (Wildman–Crippen MR) is 178 cm³/mol. The minimum absolute atomic E-state index is 0.0155. The van der Waals surface area contributed by atoms with E-state index < -0.39 is 47.9 Å². The van der Waals surface area contributed by atoms with E-state index in [0.29, 0.717) is 12.2 Å². The molecule has 12 heteroatoms. The molecule has 0 aliphatic heterocycles. The molecule has 2 aromatic heterocycles. The summed E-state index contributed by atoms with van der Waals surface area (Å²) in [6.07, 6.45) is 6.41. The summed E-state index contributed by atoms with van der Waals surface area (Å²) in [4.78, 5) is 58.7.